The fourth-order valence-electron chi connectivity index (χ4n) is 2.54. The third-order valence-corrected chi connectivity index (χ3v) is 5.35. The second-order valence-electron chi connectivity index (χ2n) is 5.05. The second-order valence-corrected chi connectivity index (χ2v) is 6.82. The summed E-state index contributed by atoms with van der Waals surface area (Å²) in [5.41, 5.74) is 3.30. The van der Waals surface area contributed by atoms with Crippen LogP contribution in [0.3, 0.4) is 0 Å². The van der Waals surface area contributed by atoms with Crippen LogP contribution in [0, 0.1) is 12.7 Å². The molecule has 1 atom stereocenters. The van der Waals surface area contributed by atoms with Gasteiger partial charge in [0.25, 0.3) is 0 Å². The Balaban J connectivity index is 2.15. The predicted molar refractivity (Wildman–Crippen MR) is 93.6 cm³/mol. The number of hydrogen-bond donors (Lipinski definition) is 0. The Morgan fingerprint density at radius 3 is 2.38 bits per heavy atom. The lowest BCUT2D eigenvalue weighted by atomic mass is 9.96. The molecule has 106 valence electrons. The Kier molecular flexibility index (Phi) is 4.14. The van der Waals surface area contributed by atoms with Crippen LogP contribution >= 0.6 is 31.9 Å². The molecule has 3 aromatic carbocycles. The highest BCUT2D eigenvalue weighted by Crippen LogP contribution is 2.37. The van der Waals surface area contributed by atoms with Gasteiger partial charge in [-0.05, 0) is 62.4 Å². The van der Waals surface area contributed by atoms with E-state index in [2.05, 4.69) is 63.0 Å². The molecule has 0 aliphatic rings. The van der Waals surface area contributed by atoms with E-state index in [0.717, 1.165) is 11.1 Å². The Morgan fingerprint density at radius 1 is 0.952 bits per heavy atom. The van der Waals surface area contributed by atoms with E-state index in [1.54, 1.807) is 12.1 Å². The average Bonchev–Trinajstić information content (AvgIpc) is 2.50. The topological polar surface area (TPSA) is 0 Å². The molecule has 0 aliphatic heterocycles. The lowest BCUT2D eigenvalue weighted by Gasteiger charge is -2.15. The first kappa shape index (κ1) is 14.7. The smallest absolute Gasteiger partial charge is 0.137 e. The van der Waals surface area contributed by atoms with E-state index < -0.39 is 0 Å². The monoisotopic (exact) mass is 406 g/mol. The molecular formula is C18H13Br2F. The molecule has 0 saturated carbocycles. The van der Waals surface area contributed by atoms with Gasteiger partial charge in [0, 0.05) is 0 Å². The molecule has 0 radical (unpaired) electrons. The first-order valence-electron chi connectivity index (χ1n) is 6.65. The lowest BCUT2D eigenvalue weighted by molar-refractivity contribution is 0.619. The summed E-state index contributed by atoms with van der Waals surface area (Å²) in [5.74, 6) is -0.242. The van der Waals surface area contributed by atoms with Crippen molar-refractivity contribution in [2.24, 2.45) is 0 Å². The third kappa shape index (κ3) is 2.77. The van der Waals surface area contributed by atoms with E-state index in [0.29, 0.717) is 4.47 Å². The van der Waals surface area contributed by atoms with Gasteiger partial charge in [0.1, 0.15) is 5.82 Å². The minimum Gasteiger partial charge on any atom is -0.206 e. The SMILES string of the molecule is Cc1ccc(C(Br)c2ccc(Br)c(F)c2)c2ccccc12. The zero-order valence-corrected chi connectivity index (χ0v) is 14.6. The third-order valence-electron chi connectivity index (χ3n) is 3.69. The standard InChI is InChI=1S/C18H13Br2F/c1-11-6-8-15(14-5-3-2-4-13(11)14)18(20)12-7-9-16(19)17(21)10-12/h2-10,18H,1H3. The number of benzene rings is 3. The summed E-state index contributed by atoms with van der Waals surface area (Å²) < 4.78 is 14.3. The number of rotatable bonds is 2. The van der Waals surface area contributed by atoms with Crippen molar-refractivity contribution < 1.29 is 4.39 Å². The van der Waals surface area contributed by atoms with E-state index in [1.807, 2.05) is 18.2 Å². The van der Waals surface area contributed by atoms with Crippen molar-refractivity contribution >= 4 is 42.6 Å². The largest absolute Gasteiger partial charge is 0.206 e. The molecule has 0 nitrogen and oxygen atoms in total. The van der Waals surface area contributed by atoms with Crippen LogP contribution in [0.1, 0.15) is 21.5 Å². The van der Waals surface area contributed by atoms with Crippen molar-refractivity contribution in [3.05, 3.63) is 81.6 Å². The molecule has 0 bridgehead atoms. The minimum absolute atomic E-state index is 0.0365. The Morgan fingerprint density at radius 2 is 1.67 bits per heavy atom. The molecule has 0 spiro atoms. The molecule has 0 heterocycles. The zero-order chi connectivity index (χ0) is 15.0. The molecule has 3 rings (SSSR count). The van der Waals surface area contributed by atoms with Gasteiger partial charge in [-0.3, -0.25) is 0 Å². The van der Waals surface area contributed by atoms with Crippen molar-refractivity contribution in [1.82, 2.24) is 0 Å². The summed E-state index contributed by atoms with van der Waals surface area (Å²) in [6.07, 6.45) is 0. The van der Waals surface area contributed by atoms with Crippen molar-refractivity contribution in [1.29, 1.82) is 0 Å². The summed E-state index contributed by atoms with van der Waals surface area (Å²) >= 11 is 6.91. The quantitative estimate of drug-likeness (QED) is 0.423. The maximum Gasteiger partial charge on any atom is 0.137 e. The van der Waals surface area contributed by atoms with Crippen LogP contribution < -0.4 is 0 Å². The molecule has 0 saturated heterocycles. The normalized spacial score (nSPS) is 12.6. The van der Waals surface area contributed by atoms with E-state index >= 15 is 0 Å². The fourth-order valence-corrected chi connectivity index (χ4v) is 3.47. The van der Waals surface area contributed by atoms with E-state index in [1.165, 1.54) is 16.3 Å². The molecule has 1 unspecified atom stereocenters. The van der Waals surface area contributed by atoms with Gasteiger partial charge in [0.2, 0.25) is 0 Å². The maximum absolute atomic E-state index is 13.8. The number of halogens is 3. The second kappa shape index (κ2) is 5.90. The minimum atomic E-state index is -0.242. The van der Waals surface area contributed by atoms with Crippen molar-refractivity contribution in [2.75, 3.05) is 0 Å². The van der Waals surface area contributed by atoms with E-state index in [-0.39, 0.29) is 10.6 Å². The number of alkyl halides is 1. The van der Waals surface area contributed by atoms with Gasteiger partial charge >= 0.3 is 0 Å². The predicted octanol–water partition coefficient (Wildman–Crippen LogP) is 6.53. The number of aryl methyl sites for hydroxylation is 1. The Hall–Kier alpha value is -1.19. The van der Waals surface area contributed by atoms with Crippen molar-refractivity contribution in [3.8, 4) is 0 Å². The summed E-state index contributed by atoms with van der Waals surface area (Å²) in [7, 11) is 0. The van der Waals surface area contributed by atoms with Crippen molar-refractivity contribution in [3.63, 3.8) is 0 Å². The highest BCUT2D eigenvalue weighted by Gasteiger charge is 2.15. The molecule has 0 aliphatic carbocycles. The molecule has 21 heavy (non-hydrogen) atoms. The van der Waals surface area contributed by atoms with Gasteiger partial charge in [-0.2, -0.15) is 0 Å². The molecule has 3 heteroatoms. The van der Waals surface area contributed by atoms with Crippen LogP contribution in [0.4, 0.5) is 4.39 Å². The summed E-state index contributed by atoms with van der Waals surface area (Å²) in [6.45, 7) is 2.11. The van der Waals surface area contributed by atoms with Crippen LogP contribution in [0.2, 0.25) is 0 Å². The molecule has 0 aromatic heterocycles. The van der Waals surface area contributed by atoms with Gasteiger partial charge < -0.3 is 0 Å². The highest BCUT2D eigenvalue weighted by atomic mass is 79.9. The van der Waals surface area contributed by atoms with Gasteiger partial charge in [-0.25, -0.2) is 4.39 Å². The maximum atomic E-state index is 13.8. The van der Waals surface area contributed by atoms with Gasteiger partial charge in [-0.15, -0.1) is 0 Å². The average molecular weight is 408 g/mol. The molecule has 3 aromatic rings. The fraction of sp³-hybridized carbons (Fsp3) is 0.111. The van der Waals surface area contributed by atoms with Crippen LogP contribution in [0.5, 0.6) is 0 Å². The molecular weight excluding hydrogens is 395 g/mol. The van der Waals surface area contributed by atoms with E-state index in [9.17, 15) is 4.39 Å². The van der Waals surface area contributed by atoms with Crippen LogP contribution in [0.15, 0.2) is 59.1 Å². The molecule has 0 fully saturated rings. The van der Waals surface area contributed by atoms with Gasteiger partial charge in [0.05, 0.1) is 9.30 Å². The molecule has 0 N–H and O–H groups in total. The van der Waals surface area contributed by atoms with Crippen LogP contribution in [-0.2, 0) is 0 Å². The summed E-state index contributed by atoms with van der Waals surface area (Å²) in [6, 6.07) is 17.8. The number of fused-ring (bicyclic) bond motifs is 1. The summed E-state index contributed by atoms with van der Waals surface area (Å²) in [5, 5.41) is 2.43. The van der Waals surface area contributed by atoms with Crippen molar-refractivity contribution in [2.45, 2.75) is 11.8 Å². The lowest BCUT2D eigenvalue weighted by Crippen LogP contribution is -1.96. The Labute approximate surface area is 140 Å². The zero-order valence-electron chi connectivity index (χ0n) is 11.4. The Bertz CT molecular complexity index is 811. The van der Waals surface area contributed by atoms with Crippen LogP contribution in [-0.4, -0.2) is 0 Å². The van der Waals surface area contributed by atoms with E-state index in [4.69, 9.17) is 0 Å². The summed E-state index contributed by atoms with van der Waals surface area (Å²) in [4.78, 5) is -0.0365. The first-order valence-corrected chi connectivity index (χ1v) is 8.36. The van der Waals surface area contributed by atoms with Gasteiger partial charge in [-0.1, -0.05) is 58.4 Å². The number of hydrogen-bond acceptors (Lipinski definition) is 0. The highest BCUT2D eigenvalue weighted by molar-refractivity contribution is 9.10. The van der Waals surface area contributed by atoms with Crippen LogP contribution in [0.25, 0.3) is 10.8 Å². The first-order chi connectivity index (χ1) is 10.1. The van der Waals surface area contributed by atoms with Gasteiger partial charge in [0.15, 0.2) is 0 Å². The molecule has 0 amide bonds.